The Balaban J connectivity index is 1.83. The van der Waals surface area contributed by atoms with Crippen LogP contribution in [0.15, 0.2) is 48.9 Å². The standard InChI is InChI=1S/C15H18N6/c1-20(9-7-12-5-3-2-4-6-12)15-14-17-8-10-21(14)11-13(18-15)19-16/h2-6,8,10-11,19H,7,9,16H2,1H3. The summed E-state index contributed by atoms with van der Waals surface area (Å²) in [5.41, 5.74) is 4.72. The summed E-state index contributed by atoms with van der Waals surface area (Å²) in [6.45, 7) is 0.855. The van der Waals surface area contributed by atoms with E-state index in [4.69, 9.17) is 5.84 Å². The fraction of sp³-hybridized carbons (Fsp3) is 0.200. The third-order valence-corrected chi connectivity index (χ3v) is 3.44. The molecule has 0 amide bonds. The van der Waals surface area contributed by atoms with E-state index in [1.165, 1.54) is 5.56 Å². The van der Waals surface area contributed by atoms with E-state index < -0.39 is 0 Å². The van der Waals surface area contributed by atoms with E-state index in [1.54, 1.807) is 6.20 Å². The molecular weight excluding hydrogens is 264 g/mol. The Bertz CT molecular complexity index is 721. The Morgan fingerprint density at radius 1 is 1.29 bits per heavy atom. The van der Waals surface area contributed by atoms with Crippen LogP contribution in [0.2, 0.25) is 0 Å². The van der Waals surface area contributed by atoms with Gasteiger partial charge < -0.3 is 14.7 Å². The van der Waals surface area contributed by atoms with Crippen molar-refractivity contribution in [1.82, 2.24) is 14.4 Å². The summed E-state index contributed by atoms with van der Waals surface area (Å²) in [5, 5.41) is 0. The van der Waals surface area contributed by atoms with E-state index in [0.717, 1.165) is 24.4 Å². The van der Waals surface area contributed by atoms with Crippen LogP contribution in [-0.4, -0.2) is 28.0 Å². The van der Waals surface area contributed by atoms with Gasteiger partial charge in [-0.15, -0.1) is 0 Å². The van der Waals surface area contributed by atoms with E-state index in [1.807, 2.05) is 29.9 Å². The second-order valence-corrected chi connectivity index (χ2v) is 4.91. The number of hydrazine groups is 1. The van der Waals surface area contributed by atoms with Gasteiger partial charge in [0.2, 0.25) is 0 Å². The van der Waals surface area contributed by atoms with E-state index >= 15 is 0 Å². The molecule has 21 heavy (non-hydrogen) atoms. The number of fused-ring (bicyclic) bond motifs is 1. The molecule has 0 bridgehead atoms. The Morgan fingerprint density at radius 2 is 2.10 bits per heavy atom. The first-order chi connectivity index (χ1) is 10.3. The molecule has 3 aromatic rings. The average Bonchev–Trinajstić information content (AvgIpc) is 3.01. The number of hydrogen-bond donors (Lipinski definition) is 2. The van der Waals surface area contributed by atoms with Gasteiger partial charge in [0.1, 0.15) is 0 Å². The summed E-state index contributed by atoms with van der Waals surface area (Å²) in [6.07, 6.45) is 6.40. The summed E-state index contributed by atoms with van der Waals surface area (Å²) in [4.78, 5) is 11.0. The summed E-state index contributed by atoms with van der Waals surface area (Å²) < 4.78 is 1.91. The first kappa shape index (κ1) is 13.4. The molecule has 0 saturated heterocycles. The van der Waals surface area contributed by atoms with E-state index in [2.05, 4.69) is 44.6 Å². The molecule has 0 atom stereocenters. The molecular formula is C15H18N6. The molecule has 0 spiro atoms. The first-order valence-corrected chi connectivity index (χ1v) is 6.83. The Morgan fingerprint density at radius 3 is 2.86 bits per heavy atom. The molecule has 0 aliphatic rings. The van der Waals surface area contributed by atoms with E-state index in [9.17, 15) is 0 Å². The van der Waals surface area contributed by atoms with Crippen LogP contribution in [0.4, 0.5) is 11.6 Å². The van der Waals surface area contributed by atoms with Crippen LogP contribution in [0.1, 0.15) is 5.56 Å². The number of hydrogen-bond acceptors (Lipinski definition) is 5. The Labute approximate surface area is 123 Å². The highest BCUT2D eigenvalue weighted by Gasteiger charge is 2.11. The summed E-state index contributed by atoms with van der Waals surface area (Å²) in [7, 11) is 2.01. The normalized spacial score (nSPS) is 10.8. The van der Waals surface area contributed by atoms with E-state index in [-0.39, 0.29) is 0 Å². The molecule has 0 saturated carbocycles. The summed E-state index contributed by atoms with van der Waals surface area (Å²) in [5.74, 6) is 6.90. The largest absolute Gasteiger partial charge is 0.356 e. The number of likely N-dealkylation sites (N-methyl/N-ethyl adjacent to an activating group) is 1. The van der Waals surface area contributed by atoms with Gasteiger partial charge in [-0.25, -0.2) is 15.8 Å². The minimum atomic E-state index is 0.613. The molecule has 0 aliphatic heterocycles. The lowest BCUT2D eigenvalue weighted by atomic mass is 10.1. The fourth-order valence-corrected chi connectivity index (χ4v) is 2.29. The van der Waals surface area contributed by atoms with E-state index in [0.29, 0.717) is 5.82 Å². The predicted molar refractivity (Wildman–Crippen MR) is 84.2 cm³/mol. The molecule has 3 N–H and O–H groups in total. The number of imidazole rings is 1. The van der Waals surface area contributed by atoms with Crippen molar-refractivity contribution in [3.63, 3.8) is 0 Å². The van der Waals surface area contributed by atoms with Crippen molar-refractivity contribution in [1.29, 1.82) is 0 Å². The zero-order valence-electron chi connectivity index (χ0n) is 11.9. The van der Waals surface area contributed by atoms with Crippen molar-refractivity contribution in [3.8, 4) is 0 Å². The van der Waals surface area contributed by atoms with Crippen LogP contribution in [0, 0.1) is 0 Å². The van der Waals surface area contributed by atoms with Crippen molar-refractivity contribution in [3.05, 3.63) is 54.5 Å². The van der Waals surface area contributed by atoms with Crippen molar-refractivity contribution in [2.75, 3.05) is 23.9 Å². The van der Waals surface area contributed by atoms with Crippen LogP contribution in [0.3, 0.4) is 0 Å². The average molecular weight is 282 g/mol. The molecule has 108 valence electrons. The van der Waals surface area contributed by atoms with Gasteiger partial charge in [-0.2, -0.15) is 0 Å². The van der Waals surface area contributed by atoms with Gasteiger partial charge in [0.05, 0.1) is 6.20 Å². The maximum Gasteiger partial charge on any atom is 0.180 e. The smallest absolute Gasteiger partial charge is 0.180 e. The number of benzene rings is 1. The van der Waals surface area contributed by atoms with Crippen molar-refractivity contribution < 1.29 is 0 Å². The molecule has 0 fully saturated rings. The molecule has 3 rings (SSSR count). The molecule has 0 radical (unpaired) electrons. The van der Waals surface area contributed by atoms with Crippen molar-refractivity contribution >= 4 is 17.3 Å². The van der Waals surface area contributed by atoms with Crippen LogP contribution in [0.5, 0.6) is 0 Å². The number of rotatable bonds is 5. The topological polar surface area (TPSA) is 71.5 Å². The van der Waals surface area contributed by atoms with Gasteiger partial charge in [-0.3, -0.25) is 0 Å². The zero-order chi connectivity index (χ0) is 14.7. The van der Waals surface area contributed by atoms with Gasteiger partial charge in [-0.05, 0) is 12.0 Å². The van der Waals surface area contributed by atoms with Gasteiger partial charge in [-0.1, -0.05) is 30.3 Å². The quantitative estimate of drug-likeness (QED) is 0.550. The molecule has 6 nitrogen and oxygen atoms in total. The van der Waals surface area contributed by atoms with Crippen LogP contribution in [-0.2, 0) is 6.42 Å². The third kappa shape index (κ3) is 2.80. The second kappa shape index (κ2) is 5.80. The maximum absolute atomic E-state index is 5.48. The number of anilines is 2. The highest BCUT2D eigenvalue weighted by atomic mass is 15.3. The SMILES string of the molecule is CN(CCc1ccccc1)c1nc(NN)cn2ccnc12. The summed E-state index contributed by atoms with van der Waals surface area (Å²) in [6, 6.07) is 10.4. The minimum Gasteiger partial charge on any atom is -0.356 e. The monoisotopic (exact) mass is 282 g/mol. The lowest BCUT2D eigenvalue weighted by Crippen LogP contribution is -2.23. The highest BCUT2D eigenvalue weighted by Crippen LogP contribution is 2.19. The van der Waals surface area contributed by atoms with Crippen LogP contribution in [0.25, 0.3) is 5.65 Å². The molecule has 2 heterocycles. The molecule has 6 heteroatoms. The molecule has 0 aliphatic carbocycles. The maximum atomic E-state index is 5.48. The lowest BCUT2D eigenvalue weighted by molar-refractivity contribution is 0.857. The second-order valence-electron chi connectivity index (χ2n) is 4.91. The van der Waals surface area contributed by atoms with Gasteiger partial charge in [0, 0.05) is 26.0 Å². The van der Waals surface area contributed by atoms with Gasteiger partial charge >= 0.3 is 0 Å². The van der Waals surface area contributed by atoms with Crippen LogP contribution >= 0.6 is 0 Å². The van der Waals surface area contributed by atoms with Crippen molar-refractivity contribution in [2.24, 2.45) is 5.84 Å². The minimum absolute atomic E-state index is 0.613. The van der Waals surface area contributed by atoms with Gasteiger partial charge in [0.25, 0.3) is 0 Å². The van der Waals surface area contributed by atoms with Crippen molar-refractivity contribution in [2.45, 2.75) is 6.42 Å². The van der Waals surface area contributed by atoms with Crippen LogP contribution < -0.4 is 16.2 Å². The zero-order valence-corrected chi connectivity index (χ0v) is 11.9. The third-order valence-electron chi connectivity index (χ3n) is 3.44. The molecule has 1 aromatic carbocycles. The number of nitrogens with two attached hydrogens (primary N) is 1. The highest BCUT2D eigenvalue weighted by molar-refractivity contribution is 5.66. The summed E-state index contributed by atoms with van der Waals surface area (Å²) >= 11 is 0. The first-order valence-electron chi connectivity index (χ1n) is 6.83. The number of nitrogens with one attached hydrogen (secondary N) is 1. The number of nitrogens with zero attached hydrogens (tertiary/aromatic N) is 4. The number of aromatic nitrogens is 3. The molecule has 2 aromatic heterocycles. The molecule has 0 unspecified atom stereocenters. The number of nitrogen functional groups attached to an aromatic ring is 1. The van der Waals surface area contributed by atoms with Gasteiger partial charge in [0.15, 0.2) is 17.3 Å². The Kier molecular flexibility index (Phi) is 3.70. The Hall–Kier alpha value is -2.60. The predicted octanol–water partition coefficient (Wildman–Crippen LogP) is 1.69. The lowest BCUT2D eigenvalue weighted by Gasteiger charge is -2.19. The fourth-order valence-electron chi connectivity index (χ4n) is 2.29.